The fourth-order valence-corrected chi connectivity index (χ4v) is 4.24. The van der Waals surface area contributed by atoms with E-state index in [9.17, 15) is 19.2 Å². The number of carbonyl (C=O) groups is 2. The van der Waals surface area contributed by atoms with Gasteiger partial charge in [0.2, 0.25) is 11.8 Å². The molecule has 1 heterocycles. The molecule has 2 aromatic carbocycles. The first kappa shape index (κ1) is 23.3. The van der Waals surface area contributed by atoms with Crippen LogP contribution in [-0.2, 0) is 22.7 Å². The summed E-state index contributed by atoms with van der Waals surface area (Å²) in [5, 5.41) is 15.0. The van der Waals surface area contributed by atoms with Gasteiger partial charge in [0.15, 0.2) is 0 Å². The van der Waals surface area contributed by atoms with Gasteiger partial charge in [-0.25, -0.2) is 4.79 Å². The highest BCUT2D eigenvalue weighted by Crippen LogP contribution is 2.40. The lowest BCUT2D eigenvalue weighted by molar-refractivity contribution is -0.122. The van der Waals surface area contributed by atoms with Gasteiger partial charge in [0.05, 0.1) is 33.3 Å². The van der Waals surface area contributed by atoms with E-state index in [2.05, 4.69) is 10.6 Å². The molecule has 0 bridgehead atoms. The van der Waals surface area contributed by atoms with E-state index in [4.69, 9.17) is 16.9 Å². The van der Waals surface area contributed by atoms with Crippen LogP contribution in [0.25, 0.3) is 10.9 Å². The van der Waals surface area contributed by atoms with Crippen molar-refractivity contribution in [2.24, 2.45) is 11.8 Å². The highest BCUT2D eigenvalue weighted by molar-refractivity contribution is 6.32. The summed E-state index contributed by atoms with van der Waals surface area (Å²) in [5.41, 5.74) is 0.903. The number of hydrogen-bond acceptors (Lipinski definition) is 5. The van der Waals surface area contributed by atoms with Gasteiger partial charge in [-0.3, -0.25) is 23.5 Å². The van der Waals surface area contributed by atoms with Gasteiger partial charge < -0.3 is 10.6 Å². The Bertz CT molecular complexity index is 1480. The molecule has 1 saturated carbocycles. The number of anilines is 2. The van der Waals surface area contributed by atoms with Gasteiger partial charge in [-0.2, -0.15) is 5.26 Å². The Hall–Kier alpha value is -3.90. The summed E-state index contributed by atoms with van der Waals surface area (Å²) in [7, 11) is 0. The van der Waals surface area contributed by atoms with Crippen LogP contribution >= 0.6 is 11.6 Å². The Morgan fingerprint density at radius 1 is 1.00 bits per heavy atom. The second kappa shape index (κ2) is 9.15. The Kier molecular flexibility index (Phi) is 6.26. The van der Waals surface area contributed by atoms with Gasteiger partial charge in [0.1, 0.15) is 6.07 Å². The van der Waals surface area contributed by atoms with E-state index in [0.717, 1.165) is 4.57 Å². The minimum atomic E-state index is -0.499. The summed E-state index contributed by atoms with van der Waals surface area (Å²) >= 11 is 6.00. The smallest absolute Gasteiger partial charge is 0.326 e. The van der Waals surface area contributed by atoms with Crippen molar-refractivity contribution in [3.63, 3.8) is 0 Å². The van der Waals surface area contributed by atoms with Crippen molar-refractivity contribution in [2.45, 2.75) is 33.4 Å². The zero-order valence-corrected chi connectivity index (χ0v) is 19.3. The molecule has 2 N–H and O–H groups in total. The summed E-state index contributed by atoms with van der Waals surface area (Å²) < 4.78 is 2.68. The lowest BCUT2D eigenvalue weighted by atomic mass is 10.2. The standard InChI is InChI=1S/C24H22ClN5O4/c1-3-29-20-8-7-14(9-18(20)23(33)30(4-2)24(29)34)27-21(31)16-11-17(16)22(32)28-15-6-5-13(12-26)19(25)10-15/h5-10,16-17H,3-4,11H2,1-2H3,(H,27,31)(H,28,32)/t16-,17+/m1/s1. The fourth-order valence-electron chi connectivity index (χ4n) is 4.01. The van der Waals surface area contributed by atoms with E-state index in [0.29, 0.717) is 40.8 Å². The highest BCUT2D eigenvalue weighted by Gasteiger charge is 2.48. The van der Waals surface area contributed by atoms with E-state index in [1.165, 1.54) is 16.7 Å². The lowest BCUT2D eigenvalue weighted by Crippen LogP contribution is -2.39. The zero-order chi connectivity index (χ0) is 24.6. The van der Waals surface area contributed by atoms with Crippen LogP contribution in [0.2, 0.25) is 5.02 Å². The van der Waals surface area contributed by atoms with Crippen LogP contribution in [0, 0.1) is 23.2 Å². The minimum Gasteiger partial charge on any atom is -0.326 e. The molecule has 0 radical (unpaired) electrons. The summed E-state index contributed by atoms with van der Waals surface area (Å²) in [5.74, 6) is -1.62. The van der Waals surface area contributed by atoms with Gasteiger partial charge in [-0.15, -0.1) is 0 Å². The average molecular weight is 480 g/mol. The molecular weight excluding hydrogens is 458 g/mol. The molecule has 1 aliphatic carbocycles. The van der Waals surface area contributed by atoms with Crippen molar-refractivity contribution in [3.05, 3.63) is 67.8 Å². The van der Waals surface area contributed by atoms with Crippen LogP contribution in [-0.4, -0.2) is 20.9 Å². The number of nitrogens with zero attached hydrogens (tertiary/aromatic N) is 3. The molecule has 34 heavy (non-hydrogen) atoms. The predicted molar refractivity (Wildman–Crippen MR) is 129 cm³/mol. The van der Waals surface area contributed by atoms with E-state index in [1.807, 2.05) is 13.0 Å². The molecular formula is C24H22ClN5O4. The number of rotatable bonds is 6. The summed E-state index contributed by atoms with van der Waals surface area (Å²) in [6, 6.07) is 11.4. The van der Waals surface area contributed by atoms with Crippen LogP contribution in [0.5, 0.6) is 0 Å². The van der Waals surface area contributed by atoms with E-state index in [1.54, 1.807) is 31.2 Å². The van der Waals surface area contributed by atoms with Crippen molar-refractivity contribution in [2.75, 3.05) is 10.6 Å². The SMILES string of the molecule is CCn1c(=O)c2cc(NC(=O)[C@@H]3C[C@@H]3C(=O)Nc3ccc(C#N)c(Cl)c3)ccc2n(CC)c1=O. The summed E-state index contributed by atoms with van der Waals surface area (Å²) in [6.45, 7) is 4.20. The molecule has 9 nitrogen and oxygen atoms in total. The number of halogens is 1. The molecule has 10 heteroatoms. The maximum Gasteiger partial charge on any atom is 0.331 e. The summed E-state index contributed by atoms with van der Waals surface area (Å²) in [4.78, 5) is 50.5. The number of fused-ring (bicyclic) bond motifs is 1. The molecule has 1 aromatic heterocycles. The largest absolute Gasteiger partial charge is 0.331 e. The highest BCUT2D eigenvalue weighted by atomic mass is 35.5. The topological polar surface area (TPSA) is 126 Å². The van der Waals surface area contributed by atoms with E-state index < -0.39 is 17.4 Å². The number of hydrogen-bond donors (Lipinski definition) is 2. The number of amides is 2. The first-order valence-corrected chi connectivity index (χ1v) is 11.3. The normalized spacial score (nSPS) is 16.6. The third-order valence-electron chi connectivity index (χ3n) is 5.95. The van der Waals surface area contributed by atoms with Gasteiger partial charge in [-0.1, -0.05) is 11.6 Å². The molecule has 174 valence electrons. The van der Waals surface area contributed by atoms with Gasteiger partial charge in [-0.05, 0) is 56.7 Å². The van der Waals surface area contributed by atoms with Crippen LogP contribution in [0.15, 0.2) is 46.0 Å². The molecule has 4 rings (SSSR count). The Morgan fingerprint density at radius 2 is 1.59 bits per heavy atom. The maximum atomic E-state index is 12.8. The molecule has 1 fully saturated rings. The number of nitrogens with one attached hydrogen (secondary N) is 2. The third-order valence-corrected chi connectivity index (χ3v) is 6.26. The molecule has 0 aliphatic heterocycles. The van der Waals surface area contributed by atoms with Crippen molar-refractivity contribution < 1.29 is 9.59 Å². The van der Waals surface area contributed by atoms with E-state index in [-0.39, 0.29) is 29.1 Å². The first-order chi connectivity index (χ1) is 16.3. The average Bonchev–Trinajstić information content (AvgIpc) is 3.62. The molecule has 3 aromatic rings. The Balaban J connectivity index is 1.48. The number of aromatic nitrogens is 2. The number of benzene rings is 2. The van der Waals surface area contributed by atoms with Gasteiger partial charge in [0.25, 0.3) is 5.56 Å². The Labute approximate surface area is 199 Å². The van der Waals surface area contributed by atoms with Crippen molar-refractivity contribution in [1.29, 1.82) is 5.26 Å². The predicted octanol–water partition coefficient (Wildman–Crippen LogP) is 2.94. The van der Waals surface area contributed by atoms with Crippen LogP contribution in [0.1, 0.15) is 25.8 Å². The van der Waals surface area contributed by atoms with Crippen LogP contribution in [0.4, 0.5) is 11.4 Å². The second-order valence-corrected chi connectivity index (χ2v) is 8.45. The fraction of sp³-hybridized carbons (Fsp3) is 0.292. The minimum absolute atomic E-state index is 0.234. The molecule has 2 atom stereocenters. The molecule has 0 spiro atoms. The maximum absolute atomic E-state index is 12.8. The van der Waals surface area contributed by atoms with Gasteiger partial charge in [0, 0.05) is 24.5 Å². The number of aryl methyl sites for hydroxylation is 1. The van der Waals surface area contributed by atoms with Crippen LogP contribution in [0.3, 0.4) is 0 Å². The summed E-state index contributed by atoms with van der Waals surface area (Å²) in [6.07, 6.45) is 0.396. The van der Waals surface area contributed by atoms with Crippen molar-refractivity contribution in [1.82, 2.24) is 9.13 Å². The third kappa shape index (κ3) is 4.20. The quantitative estimate of drug-likeness (QED) is 0.562. The molecule has 0 unspecified atom stereocenters. The first-order valence-electron chi connectivity index (χ1n) is 10.9. The van der Waals surface area contributed by atoms with Crippen molar-refractivity contribution in [3.8, 4) is 6.07 Å². The number of carbonyl (C=O) groups excluding carboxylic acids is 2. The van der Waals surface area contributed by atoms with Crippen molar-refractivity contribution >= 4 is 45.7 Å². The van der Waals surface area contributed by atoms with E-state index >= 15 is 0 Å². The molecule has 1 aliphatic rings. The Morgan fingerprint density at radius 3 is 2.15 bits per heavy atom. The zero-order valence-electron chi connectivity index (χ0n) is 18.6. The van der Waals surface area contributed by atoms with Gasteiger partial charge >= 0.3 is 5.69 Å². The molecule has 2 amide bonds. The van der Waals surface area contributed by atoms with Crippen LogP contribution < -0.4 is 21.9 Å². The number of nitriles is 1. The molecule has 0 saturated heterocycles. The monoisotopic (exact) mass is 479 g/mol. The lowest BCUT2D eigenvalue weighted by Gasteiger charge is -2.13. The second-order valence-electron chi connectivity index (χ2n) is 8.04.